The van der Waals surface area contributed by atoms with Gasteiger partial charge in [0.05, 0.1) is 12.6 Å². The Bertz CT molecular complexity index is 880. The number of amides is 1. The highest BCUT2D eigenvalue weighted by molar-refractivity contribution is 5.96. The summed E-state index contributed by atoms with van der Waals surface area (Å²) in [4.78, 5) is 29.3. The topological polar surface area (TPSA) is 79.8 Å². The number of aromatic carboxylic acids is 1. The average molecular weight is 366 g/mol. The van der Waals surface area contributed by atoms with E-state index in [1.165, 1.54) is 6.07 Å². The highest BCUT2D eigenvalue weighted by Crippen LogP contribution is 2.27. The first-order valence-electron chi connectivity index (χ1n) is 9.12. The van der Waals surface area contributed by atoms with Crippen LogP contribution in [0.1, 0.15) is 65.2 Å². The fourth-order valence-corrected chi connectivity index (χ4v) is 3.39. The van der Waals surface area contributed by atoms with Gasteiger partial charge in [-0.05, 0) is 12.0 Å². The van der Waals surface area contributed by atoms with Crippen molar-refractivity contribution in [3.8, 4) is 0 Å². The standard InChI is InChI=1S/C20H22N4O3/c1-3-4-5-6-16-13-23(12-14-7-9-15(21-2)10-8-14)19(25)18-11-17(20(26)27)22-24(16)18/h7-11,16H,3-6,12-13H2,1H3,(H,26,27). The predicted molar refractivity (Wildman–Crippen MR) is 99.8 cm³/mol. The third kappa shape index (κ3) is 4.00. The van der Waals surface area contributed by atoms with E-state index in [0.717, 1.165) is 31.2 Å². The van der Waals surface area contributed by atoms with Gasteiger partial charge in [0.1, 0.15) is 5.69 Å². The molecular formula is C20H22N4O3. The van der Waals surface area contributed by atoms with Crippen LogP contribution < -0.4 is 0 Å². The molecule has 0 radical (unpaired) electrons. The average Bonchev–Trinajstić information content (AvgIpc) is 3.12. The number of aromatic nitrogens is 2. The van der Waals surface area contributed by atoms with Crippen LogP contribution in [-0.2, 0) is 6.54 Å². The van der Waals surface area contributed by atoms with E-state index >= 15 is 0 Å². The summed E-state index contributed by atoms with van der Waals surface area (Å²) in [7, 11) is 0. The molecule has 1 aromatic carbocycles. The SMILES string of the molecule is [C-]#[N+]c1ccc(CN2CC(CCCCC)n3nc(C(=O)O)cc3C2=O)cc1. The molecule has 0 aliphatic carbocycles. The highest BCUT2D eigenvalue weighted by atomic mass is 16.4. The summed E-state index contributed by atoms with van der Waals surface area (Å²) < 4.78 is 1.60. The normalized spacial score (nSPS) is 16.1. The van der Waals surface area contributed by atoms with Gasteiger partial charge in [-0.3, -0.25) is 9.48 Å². The second kappa shape index (κ2) is 8.04. The van der Waals surface area contributed by atoms with E-state index < -0.39 is 5.97 Å². The van der Waals surface area contributed by atoms with Crippen molar-refractivity contribution in [1.29, 1.82) is 0 Å². The molecule has 2 aromatic rings. The summed E-state index contributed by atoms with van der Waals surface area (Å²) in [5.74, 6) is -1.34. The molecule has 3 rings (SSSR count). The summed E-state index contributed by atoms with van der Waals surface area (Å²) in [6, 6.07) is 8.51. The van der Waals surface area contributed by atoms with Crippen LogP contribution in [0.2, 0.25) is 0 Å². The molecule has 1 aliphatic heterocycles. The Morgan fingerprint density at radius 1 is 1.33 bits per heavy atom. The van der Waals surface area contributed by atoms with Crippen molar-refractivity contribution in [2.45, 2.75) is 45.2 Å². The lowest BCUT2D eigenvalue weighted by Gasteiger charge is -2.33. The van der Waals surface area contributed by atoms with Crippen LogP contribution in [0.15, 0.2) is 30.3 Å². The molecule has 1 unspecified atom stereocenters. The number of benzene rings is 1. The molecule has 1 atom stereocenters. The molecule has 1 N–H and O–H groups in total. The molecular weight excluding hydrogens is 344 g/mol. The van der Waals surface area contributed by atoms with Crippen molar-refractivity contribution in [3.05, 3.63) is 58.7 Å². The lowest BCUT2D eigenvalue weighted by atomic mass is 10.0. The Morgan fingerprint density at radius 2 is 2.07 bits per heavy atom. The molecule has 140 valence electrons. The van der Waals surface area contributed by atoms with Gasteiger partial charge < -0.3 is 10.0 Å². The maximum Gasteiger partial charge on any atom is 0.356 e. The van der Waals surface area contributed by atoms with Crippen molar-refractivity contribution >= 4 is 17.6 Å². The third-order valence-corrected chi connectivity index (χ3v) is 4.82. The number of carbonyl (C=O) groups excluding carboxylic acids is 1. The maximum absolute atomic E-state index is 12.9. The van der Waals surface area contributed by atoms with Crippen LogP contribution >= 0.6 is 0 Å². The Hall–Kier alpha value is -3.14. The summed E-state index contributed by atoms with van der Waals surface area (Å²) in [6.45, 7) is 10.1. The van der Waals surface area contributed by atoms with E-state index in [9.17, 15) is 14.7 Å². The van der Waals surface area contributed by atoms with Crippen LogP contribution in [0.25, 0.3) is 4.85 Å². The minimum absolute atomic E-state index is 0.0279. The van der Waals surface area contributed by atoms with E-state index in [4.69, 9.17) is 6.57 Å². The van der Waals surface area contributed by atoms with Crippen LogP contribution in [-0.4, -0.2) is 38.2 Å². The monoisotopic (exact) mass is 366 g/mol. The van der Waals surface area contributed by atoms with Crippen LogP contribution in [0.5, 0.6) is 0 Å². The number of hydrogen-bond donors (Lipinski definition) is 1. The second-order valence-electron chi connectivity index (χ2n) is 6.78. The Labute approximate surface area is 158 Å². The van der Waals surface area contributed by atoms with Crippen LogP contribution in [0.4, 0.5) is 5.69 Å². The molecule has 0 bridgehead atoms. The maximum atomic E-state index is 12.9. The first kappa shape index (κ1) is 18.6. The van der Waals surface area contributed by atoms with Gasteiger partial charge in [0.2, 0.25) is 0 Å². The Kier molecular flexibility index (Phi) is 5.55. The number of carboxylic acids is 1. The summed E-state index contributed by atoms with van der Waals surface area (Å²) >= 11 is 0. The molecule has 7 nitrogen and oxygen atoms in total. The first-order chi connectivity index (χ1) is 13.0. The second-order valence-corrected chi connectivity index (χ2v) is 6.78. The van der Waals surface area contributed by atoms with Gasteiger partial charge >= 0.3 is 5.97 Å². The predicted octanol–water partition coefficient (Wildman–Crippen LogP) is 3.91. The van der Waals surface area contributed by atoms with Crippen LogP contribution in [0, 0.1) is 6.57 Å². The molecule has 0 spiro atoms. The highest BCUT2D eigenvalue weighted by Gasteiger charge is 2.33. The molecule has 0 saturated carbocycles. The number of rotatable bonds is 7. The minimum Gasteiger partial charge on any atom is -0.476 e. The van der Waals surface area contributed by atoms with Gasteiger partial charge in [0.25, 0.3) is 5.91 Å². The van der Waals surface area contributed by atoms with Crippen molar-refractivity contribution in [3.63, 3.8) is 0 Å². The zero-order chi connectivity index (χ0) is 19.4. The quantitative estimate of drug-likeness (QED) is 0.595. The van der Waals surface area contributed by atoms with Gasteiger partial charge in [-0.15, -0.1) is 0 Å². The smallest absolute Gasteiger partial charge is 0.356 e. The number of nitrogens with zero attached hydrogens (tertiary/aromatic N) is 4. The third-order valence-electron chi connectivity index (χ3n) is 4.82. The van der Waals surface area contributed by atoms with Gasteiger partial charge in [0, 0.05) is 19.2 Å². The minimum atomic E-state index is -1.13. The van der Waals surface area contributed by atoms with Crippen molar-refractivity contribution < 1.29 is 14.7 Å². The first-order valence-corrected chi connectivity index (χ1v) is 9.12. The zero-order valence-corrected chi connectivity index (χ0v) is 15.3. The van der Waals surface area contributed by atoms with Gasteiger partial charge in [-0.1, -0.05) is 50.5 Å². The molecule has 7 heteroatoms. The van der Waals surface area contributed by atoms with Gasteiger partial charge in [-0.2, -0.15) is 5.10 Å². The van der Waals surface area contributed by atoms with E-state index in [0.29, 0.717) is 24.5 Å². The molecule has 1 aromatic heterocycles. The largest absolute Gasteiger partial charge is 0.476 e. The van der Waals surface area contributed by atoms with Crippen molar-refractivity contribution in [2.75, 3.05) is 6.54 Å². The summed E-state index contributed by atoms with van der Waals surface area (Å²) in [6.07, 6.45) is 4.03. The van der Waals surface area contributed by atoms with Crippen molar-refractivity contribution in [1.82, 2.24) is 14.7 Å². The number of carboxylic acid groups (broad SMARTS) is 1. The van der Waals surface area contributed by atoms with Gasteiger partial charge in [0.15, 0.2) is 11.4 Å². The Balaban J connectivity index is 1.85. The molecule has 1 amide bonds. The lowest BCUT2D eigenvalue weighted by molar-refractivity contribution is 0.0628. The fourth-order valence-electron chi connectivity index (χ4n) is 3.39. The number of fused-ring (bicyclic) bond motifs is 1. The number of unbranched alkanes of at least 4 members (excludes halogenated alkanes) is 2. The zero-order valence-electron chi connectivity index (χ0n) is 15.3. The van der Waals surface area contributed by atoms with Crippen LogP contribution in [0.3, 0.4) is 0 Å². The molecule has 1 aliphatic rings. The fraction of sp³-hybridized carbons (Fsp3) is 0.400. The van der Waals surface area contributed by atoms with E-state index in [2.05, 4.69) is 16.9 Å². The molecule has 0 saturated heterocycles. The van der Waals surface area contributed by atoms with Crippen molar-refractivity contribution in [2.24, 2.45) is 0 Å². The number of hydrogen-bond acceptors (Lipinski definition) is 3. The van der Waals surface area contributed by atoms with Gasteiger partial charge in [-0.25, -0.2) is 9.64 Å². The summed E-state index contributed by atoms with van der Waals surface area (Å²) in [5, 5.41) is 13.4. The molecule has 27 heavy (non-hydrogen) atoms. The Morgan fingerprint density at radius 3 is 2.70 bits per heavy atom. The lowest BCUT2D eigenvalue weighted by Crippen LogP contribution is -2.42. The molecule has 2 heterocycles. The van der Waals surface area contributed by atoms with E-state index in [-0.39, 0.29) is 17.6 Å². The summed E-state index contributed by atoms with van der Waals surface area (Å²) in [5.41, 5.74) is 1.74. The molecule has 0 fully saturated rings. The number of carbonyl (C=O) groups is 2. The van der Waals surface area contributed by atoms with E-state index in [1.54, 1.807) is 21.7 Å². The van der Waals surface area contributed by atoms with E-state index in [1.807, 2.05) is 12.1 Å².